The molecule has 1 fully saturated rings. The molecule has 1 aliphatic rings. The van der Waals surface area contributed by atoms with Crippen LogP contribution in [0.25, 0.3) is 22.4 Å². The zero-order valence-corrected chi connectivity index (χ0v) is 14.9. The fourth-order valence-corrected chi connectivity index (χ4v) is 3.51. The lowest BCUT2D eigenvalue weighted by Gasteiger charge is -2.25. The SMILES string of the molecule is O=C(O)c1ccc2nc(-c3ccc(OCC4CCC(O)CC4)cc3)[nH]c2c1. The van der Waals surface area contributed by atoms with E-state index in [9.17, 15) is 9.90 Å². The first-order chi connectivity index (χ1) is 13.1. The van der Waals surface area contributed by atoms with Gasteiger partial charge in [-0.15, -0.1) is 0 Å². The van der Waals surface area contributed by atoms with E-state index < -0.39 is 5.97 Å². The maximum absolute atomic E-state index is 11.1. The minimum absolute atomic E-state index is 0.143. The summed E-state index contributed by atoms with van der Waals surface area (Å²) in [4.78, 5) is 18.8. The summed E-state index contributed by atoms with van der Waals surface area (Å²) in [6, 6.07) is 12.6. The first-order valence-corrected chi connectivity index (χ1v) is 9.23. The summed E-state index contributed by atoms with van der Waals surface area (Å²) in [6.45, 7) is 0.675. The van der Waals surface area contributed by atoms with Gasteiger partial charge in [-0.3, -0.25) is 0 Å². The van der Waals surface area contributed by atoms with Crippen molar-refractivity contribution in [3.63, 3.8) is 0 Å². The van der Waals surface area contributed by atoms with Gasteiger partial charge in [-0.25, -0.2) is 9.78 Å². The number of fused-ring (bicyclic) bond motifs is 1. The van der Waals surface area contributed by atoms with Gasteiger partial charge >= 0.3 is 5.97 Å². The van der Waals surface area contributed by atoms with Gasteiger partial charge in [0.2, 0.25) is 0 Å². The number of aromatic nitrogens is 2. The summed E-state index contributed by atoms with van der Waals surface area (Å²) >= 11 is 0. The third-order valence-electron chi connectivity index (χ3n) is 5.16. The Morgan fingerprint density at radius 2 is 1.85 bits per heavy atom. The Balaban J connectivity index is 1.44. The van der Waals surface area contributed by atoms with Crippen molar-refractivity contribution in [1.29, 1.82) is 0 Å². The van der Waals surface area contributed by atoms with Crippen molar-refractivity contribution in [1.82, 2.24) is 9.97 Å². The number of rotatable bonds is 5. The number of benzene rings is 2. The maximum atomic E-state index is 11.1. The van der Waals surface area contributed by atoms with Gasteiger partial charge in [-0.05, 0) is 74.1 Å². The number of nitrogens with zero attached hydrogens (tertiary/aromatic N) is 1. The van der Waals surface area contributed by atoms with Crippen LogP contribution in [0.2, 0.25) is 0 Å². The third kappa shape index (κ3) is 3.95. The van der Waals surface area contributed by atoms with Crippen LogP contribution in [-0.4, -0.2) is 38.9 Å². The third-order valence-corrected chi connectivity index (χ3v) is 5.16. The fraction of sp³-hybridized carbons (Fsp3) is 0.333. The van der Waals surface area contributed by atoms with Crippen molar-refractivity contribution in [2.75, 3.05) is 6.61 Å². The Bertz CT molecular complexity index is 940. The largest absolute Gasteiger partial charge is 0.493 e. The van der Waals surface area contributed by atoms with Crippen LogP contribution in [0.3, 0.4) is 0 Å². The van der Waals surface area contributed by atoms with E-state index in [1.54, 1.807) is 18.2 Å². The molecule has 1 heterocycles. The van der Waals surface area contributed by atoms with Crippen LogP contribution in [0.1, 0.15) is 36.0 Å². The Labute approximate surface area is 156 Å². The first-order valence-electron chi connectivity index (χ1n) is 9.23. The lowest BCUT2D eigenvalue weighted by Crippen LogP contribution is -2.22. The van der Waals surface area contributed by atoms with E-state index >= 15 is 0 Å². The van der Waals surface area contributed by atoms with Gasteiger partial charge in [0.15, 0.2) is 0 Å². The molecular formula is C21H22N2O4. The van der Waals surface area contributed by atoms with Gasteiger partial charge in [-0.1, -0.05) is 0 Å². The molecule has 6 heteroatoms. The molecule has 6 nitrogen and oxygen atoms in total. The zero-order chi connectivity index (χ0) is 18.8. The number of aliphatic hydroxyl groups is 1. The second-order valence-corrected chi connectivity index (χ2v) is 7.13. The van der Waals surface area contributed by atoms with E-state index in [0.717, 1.165) is 42.5 Å². The van der Waals surface area contributed by atoms with Crippen molar-refractivity contribution in [2.24, 2.45) is 5.92 Å². The van der Waals surface area contributed by atoms with E-state index in [-0.39, 0.29) is 11.7 Å². The van der Waals surface area contributed by atoms with Gasteiger partial charge in [0.25, 0.3) is 0 Å². The average Bonchev–Trinajstić information content (AvgIpc) is 3.11. The number of H-pyrrole nitrogens is 1. The number of hydrogen-bond donors (Lipinski definition) is 3. The molecule has 0 radical (unpaired) electrons. The lowest BCUT2D eigenvalue weighted by molar-refractivity contribution is 0.0697. The Morgan fingerprint density at radius 3 is 2.56 bits per heavy atom. The van der Waals surface area contributed by atoms with Crippen LogP contribution in [0.15, 0.2) is 42.5 Å². The molecule has 27 heavy (non-hydrogen) atoms. The van der Waals surface area contributed by atoms with E-state index in [2.05, 4.69) is 9.97 Å². The smallest absolute Gasteiger partial charge is 0.335 e. The minimum Gasteiger partial charge on any atom is -0.493 e. The molecule has 2 aromatic carbocycles. The normalized spacial score (nSPS) is 19.9. The highest BCUT2D eigenvalue weighted by Crippen LogP contribution is 2.27. The molecule has 140 valence electrons. The Kier molecular flexibility index (Phi) is 4.81. The molecule has 3 aromatic rings. The number of nitrogens with one attached hydrogen (secondary N) is 1. The topological polar surface area (TPSA) is 95.4 Å². The summed E-state index contributed by atoms with van der Waals surface area (Å²) in [5.74, 6) is 1.06. The van der Waals surface area contributed by atoms with Crippen LogP contribution in [0.5, 0.6) is 5.75 Å². The van der Waals surface area contributed by atoms with E-state index in [0.29, 0.717) is 23.9 Å². The second kappa shape index (κ2) is 7.40. The number of carboxylic acid groups (broad SMARTS) is 1. The molecule has 0 saturated heterocycles. The number of carbonyl (C=O) groups is 1. The molecule has 3 N–H and O–H groups in total. The minimum atomic E-state index is -0.956. The molecular weight excluding hydrogens is 344 g/mol. The first kappa shape index (κ1) is 17.5. The van der Waals surface area contributed by atoms with Crippen molar-refractivity contribution >= 4 is 17.0 Å². The molecule has 1 aromatic heterocycles. The Morgan fingerprint density at radius 1 is 1.11 bits per heavy atom. The molecule has 4 rings (SSSR count). The zero-order valence-electron chi connectivity index (χ0n) is 14.9. The van der Waals surface area contributed by atoms with Crippen molar-refractivity contribution in [3.05, 3.63) is 48.0 Å². The molecule has 1 saturated carbocycles. The highest BCUT2D eigenvalue weighted by atomic mass is 16.5. The summed E-state index contributed by atoms with van der Waals surface area (Å²) in [7, 11) is 0. The maximum Gasteiger partial charge on any atom is 0.335 e. The van der Waals surface area contributed by atoms with Gasteiger partial charge in [0, 0.05) is 5.56 Å². The number of ether oxygens (including phenoxy) is 1. The molecule has 0 atom stereocenters. The highest BCUT2D eigenvalue weighted by Gasteiger charge is 2.19. The number of aliphatic hydroxyl groups excluding tert-OH is 1. The molecule has 0 amide bonds. The van der Waals surface area contributed by atoms with Crippen LogP contribution in [-0.2, 0) is 0 Å². The molecule has 0 unspecified atom stereocenters. The number of carboxylic acids is 1. The number of hydrogen-bond acceptors (Lipinski definition) is 4. The van der Waals surface area contributed by atoms with Crippen molar-refractivity contribution in [2.45, 2.75) is 31.8 Å². The summed E-state index contributed by atoms with van der Waals surface area (Å²) < 4.78 is 5.90. The van der Waals surface area contributed by atoms with Crippen LogP contribution < -0.4 is 4.74 Å². The second-order valence-electron chi connectivity index (χ2n) is 7.13. The van der Waals surface area contributed by atoms with Crippen molar-refractivity contribution in [3.8, 4) is 17.1 Å². The average molecular weight is 366 g/mol. The summed E-state index contributed by atoms with van der Waals surface area (Å²) in [5, 5.41) is 18.7. The van der Waals surface area contributed by atoms with Crippen LogP contribution >= 0.6 is 0 Å². The van der Waals surface area contributed by atoms with E-state index in [1.165, 1.54) is 0 Å². The summed E-state index contributed by atoms with van der Waals surface area (Å²) in [5.41, 5.74) is 2.58. The fourth-order valence-electron chi connectivity index (χ4n) is 3.51. The van der Waals surface area contributed by atoms with Gasteiger partial charge in [0.1, 0.15) is 11.6 Å². The standard InChI is InChI=1S/C21H22N2O4/c24-16-6-1-13(2-7-16)12-27-17-8-3-14(4-9-17)20-22-18-10-5-15(21(25)26)11-19(18)23-20/h3-5,8-11,13,16,24H,1-2,6-7,12H2,(H,22,23)(H,25,26). The molecule has 0 aliphatic heterocycles. The predicted octanol–water partition coefficient (Wildman–Crippen LogP) is 3.86. The monoisotopic (exact) mass is 366 g/mol. The van der Waals surface area contributed by atoms with Crippen molar-refractivity contribution < 1.29 is 19.7 Å². The quantitative estimate of drug-likeness (QED) is 0.637. The molecule has 0 spiro atoms. The number of aromatic amines is 1. The number of aromatic carboxylic acids is 1. The van der Waals surface area contributed by atoms with E-state index in [1.807, 2.05) is 24.3 Å². The van der Waals surface area contributed by atoms with Gasteiger partial charge in [0.05, 0.1) is 29.3 Å². The van der Waals surface area contributed by atoms with Crippen LogP contribution in [0, 0.1) is 5.92 Å². The lowest BCUT2D eigenvalue weighted by atomic mass is 9.88. The van der Waals surface area contributed by atoms with Gasteiger partial charge < -0.3 is 19.9 Å². The predicted molar refractivity (Wildman–Crippen MR) is 102 cm³/mol. The Hall–Kier alpha value is -2.86. The number of imidazole rings is 1. The highest BCUT2D eigenvalue weighted by molar-refractivity contribution is 5.93. The van der Waals surface area contributed by atoms with E-state index in [4.69, 9.17) is 9.84 Å². The van der Waals surface area contributed by atoms with Crippen LogP contribution in [0.4, 0.5) is 0 Å². The molecule has 1 aliphatic carbocycles. The summed E-state index contributed by atoms with van der Waals surface area (Å²) in [6.07, 6.45) is 3.61. The van der Waals surface area contributed by atoms with Gasteiger partial charge in [-0.2, -0.15) is 0 Å². The molecule has 0 bridgehead atoms.